The van der Waals surface area contributed by atoms with Gasteiger partial charge in [0.25, 0.3) is 0 Å². The molecule has 2 N–H and O–H groups in total. The maximum Gasteiger partial charge on any atom is 0.1000 e. The zero-order valence-electron chi connectivity index (χ0n) is 8.90. The van der Waals surface area contributed by atoms with Crippen molar-refractivity contribution in [3.05, 3.63) is 22.4 Å². The van der Waals surface area contributed by atoms with E-state index in [1.54, 1.807) is 11.3 Å². The molecule has 1 aliphatic heterocycles. The van der Waals surface area contributed by atoms with Crippen LogP contribution in [0.2, 0.25) is 0 Å². The predicted molar refractivity (Wildman–Crippen MR) is 61.1 cm³/mol. The fourth-order valence-corrected chi connectivity index (χ4v) is 2.49. The highest BCUT2D eigenvalue weighted by Crippen LogP contribution is 2.22. The van der Waals surface area contributed by atoms with Crippen LogP contribution in [-0.2, 0) is 10.3 Å². The van der Waals surface area contributed by atoms with Gasteiger partial charge >= 0.3 is 0 Å². The lowest BCUT2D eigenvalue weighted by Crippen LogP contribution is -2.40. The minimum atomic E-state index is -0.775. The Balaban J connectivity index is 1.87. The van der Waals surface area contributed by atoms with E-state index in [2.05, 4.69) is 5.32 Å². The molecule has 0 radical (unpaired) electrons. The quantitative estimate of drug-likeness (QED) is 0.815. The molecule has 4 heteroatoms. The second-order valence-electron chi connectivity index (χ2n) is 4.23. The summed E-state index contributed by atoms with van der Waals surface area (Å²) < 4.78 is 5.27. The molecule has 1 aromatic heterocycles. The van der Waals surface area contributed by atoms with Gasteiger partial charge in [0, 0.05) is 19.2 Å². The zero-order valence-corrected chi connectivity index (χ0v) is 9.72. The van der Waals surface area contributed by atoms with E-state index < -0.39 is 5.60 Å². The van der Waals surface area contributed by atoms with Crippen molar-refractivity contribution in [2.45, 2.75) is 25.0 Å². The van der Waals surface area contributed by atoms with Crippen LogP contribution in [0.15, 0.2) is 16.8 Å². The smallest absolute Gasteiger partial charge is 0.1000 e. The number of hydrogen-bond acceptors (Lipinski definition) is 4. The number of hydrogen-bond donors (Lipinski definition) is 2. The van der Waals surface area contributed by atoms with Crippen molar-refractivity contribution in [2.24, 2.45) is 0 Å². The van der Waals surface area contributed by atoms with Crippen LogP contribution in [0.3, 0.4) is 0 Å². The molecule has 0 saturated carbocycles. The Labute approximate surface area is 94.1 Å². The van der Waals surface area contributed by atoms with Gasteiger partial charge in [-0.25, -0.2) is 0 Å². The molecule has 84 valence electrons. The predicted octanol–water partition coefficient (Wildman–Crippen LogP) is 1.33. The molecule has 1 aliphatic rings. The van der Waals surface area contributed by atoms with Crippen LogP contribution >= 0.6 is 11.3 Å². The lowest BCUT2D eigenvalue weighted by atomic mass is 9.99. The van der Waals surface area contributed by atoms with Crippen molar-refractivity contribution < 1.29 is 9.84 Å². The minimum absolute atomic E-state index is 0.398. The molecule has 0 aliphatic carbocycles. The molecule has 1 aromatic rings. The van der Waals surface area contributed by atoms with Gasteiger partial charge in [-0.2, -0.15) is 11.3 Å². The average molecular weight is 227 g/mol. The first kappa shape index (κ1) is 11.1. The molecule has 1 fully saturated rings. The summed E-state index contributed by atoms with van der Waals surface area (Å²) in [5, 5.41) is 17.6. The molecule has 0 aromatic carbocycles. The van der Waals surface area contributed by atoms with E-state index in [1.165, 1.54) is 0 Å². The lowest BCUT2D eigenvalue weighted by Gasteiger charge is -2.24. The van der Waals surface area contributed by atoms with Crippen LogP contribution in [0.5, 0.6) is 0 Å². The molecular weight excluding hydrogens is 210 g/mol. The molecule has 2 heterocycles. The van der Waals surface area contributed by atoms with E-state index in [9.17, 15) is 5.11 Å². The first-order valence-electron chi connectivity index (χ1n) is 5.25. The second kappa shape index (κ2) is 4.61. The number of rotatable bonds is 4. The van der Waals surface area contributed by atoms with Crippen LogP contribution in [0, 0.1) is 0 Å². The van der Waals surface area contributed by atoms with Gasteiger partial charge in [0.1, 0.15) is 0 Å². The molecule has 2 unspecified atom stereocenters. The van der Waals surface area contributed by atoms with Crippen molar-refractivity contribution in [1.29, 1.82) is 0 Å². The van der Waals surface area contributed by atoms with Crippen LogP contribution < -0.4 is 5.32 Å². The minimum Gasteiger partial charge on any atom is -0.384 e. The highest BCUT2D eigenvalue weighted by Gasteiger charge is 2.25. The first-order chi connectivity index (χ1) is 7.18. The largest absolute Gasteiger partial charge is 0.384 e. The Kier molecular flexibility index (Phi) is 3.41. The SMILES string of the molecule is CC(O)(CNC1CCOC1)c1ccsc1. The Morgan fingerprint density at radius 1 is 1.73 bits per heavy atom. The third-order valence-electron chi connectivity index (χ3n) is 2.81. The van der Waals surface area contributed by atoms with E-state index in [4.69, 9.17) is 4.74 Å². The molecular formula is C11H17NO2S. The molecule has 2 atom stereocenters. The van der Waals surface area contributed by atoms with Gasteiger partial charge in [0.2, 0.25) is 0 Å². The van der Waals surface area contributed by atoms with Crippen LogP contribution in [0.4, 0.5) is 0 Å². The molecule has 2 rings (SSSR count). The highest BCUT2D eigenvalue weighted by molar-refractivity contribution is 7.08. The Bertz CT molecular complexity index is 292. The fraction of sp³-hybridized carbons (Fsp3) is 0.636. The summed E-state index contributed by atoms with van der Waals surface area (Å²) in [6.07, 6.45) is 1.04. The number of thiophene rings is 1. The Morgan fingerprint density at radius 2 is 2.60 bits per heavy atom. The van der Waals surface area contributed by atoms with Crippen molar-refractivity contribution in [2.75, 3.05) is 19.8 Å². The van der Waals surface area contributed by atoms with Gasteiger partial charge < -0.3 is 15.2 Å². The zero-order chi connectivity index (χ0) is 10.7. The first-order valence-corrected chi connectivity index (χ1v) is 6.19. The maximum atomic E-state index is 10.2. The summed E-state index contributed by atoms with van der Waals surface area (Å²) in [5.41, 5.74) is 0.210. The average Bonchev–Trinajstić information content (AvgIpc) is 2.88. The maximum absolute atomic E-state index is 10.2. The third kappa shape index (κ3) is 2.78. The molecule has 0 spiro atoms. The van der Waals surface area contributed by atoms with Gasteiger partial charge in [-0.05, 0) is 35.7 Å². The van der Waals surface area contributed by atoms with Crippen molar-refractivity contribution >= 4 is 11.3 Å². The van der Waals surface area contributed by atoms with Gasteiger partial charge in [0.05, 0.1) is 12.2 Å². The van der Waals surface area contributed by atoms with Crippen molar-refractivity contribution in [3.8, 4) is 0 Å². The number of aliphatic hydroxyl groups is 1. The summed E-state index contributed by atoms with van der Waals surface area (Å²) in [4.78, 5) is 0. The monoisotopic (exact) mass is 227 g/mol. The van der Waals surface area contributed by atoms with Gasteiger partial charge in [-0.15, -0.1) is 0 Å². The van der Waals surface area contributed by atoms with Crippen molar-refractivity contribution in [1.82, 2.24) is 5.32 Å². The van der Waals surface area contributed by atoms with E-state index in [-0.39, 0.29) is 0 Å². The summed E-state index contributed by atoms with van der Waals surface area (Å²) in [5.74, 6) is 0. The summed E-state index contributed by atoms with van der Waals surface area (Å²) in [7, 11) is 0. The van der Waals surface area contributed by atoms with Crippen LogP contribution in [0.1, 0.15) is 18.9 Å². The van der Waals surface area contributed by atoms with Gasteiger partial charge in [-0.3, -0.25) is 0 Å². The third-order valence-corrected chi connectivity index (χ3v) is 3.49. The van der Waals surface area contributed by atoms with Gasteiger partial charge in [-0.1, -0.05) is 0 Å². The molecule has 0 bridgehead atoms. The molecule has 3 nitrogen and oxygen atoms in total. The number of ether oxygens (including phenoxy) is 1. The summed E-state index contributed by atoms with van der Waals surface area (Å²) in [6.45, 7) is 4.02. The Hall–Kier alpha value is -0.420. The Morgan fingerprint density at radius 3 is 3.20 bits per heavy atom. The van der Waals surface area contributed by atoms with Crippen LogP contribution in [-0.4, -0.2) is 30.9 Å². The van der Waals surface area contributed by atoms with Crippen molar-refractivity contribution in [3.63, 3.8) is 0 Å². The standard InChI is InChI=1S/C11H17NO2S/c1-11(13,9-3-5-15-7-9)8-12-10-2-4-14-6-10/h3,5,7,10,12-13H,2,4,6,8H2,1H3. The van der Waals surface area contributed by atoms with E-state index in [0.29, 0.717) is 12.6 Å². The fourth-order valence-electron chi connectivity index (χ4n) is 1.71. The topological polar surface area (TPSA) is 41.5 Å². The lowest BCUT2D eigenvalue weighted by molar-refractivity contribution is 0.0535. The molecule has 0 amide bonds. The highest BCUT2D eigenvalue weighted by atomic mass is 32.1. The number of nitrogens with one attached hydrogen (secondary N) is 1. The second-order valence-corrected chi connectivity index (χ2v) is 5.01. The van der Waals surface area contributed by atoms with E-state index in [1.807, 2.05) is 23.8 Å². The normalized spacial score (nSPS) is 25.3. The summed E-state index contributed by atoms with van der Waals surface area (Å²) in [6, 6.07) is 2.37. The molecule has 1 saturated heterocycles. The summed E-state index contributed by atoms with van der Waals surface area (Å²) >= 11 is 1.61. The molecule has 15 heavy (non-hydrogen) atoms. The van der Waals surface area contributed by atoms with Gasteiger partial charge in [0.15, 0.2) is 0 Å². The van der Waals surface area contributed by atoms with Crippen LogP contribution in [0.25, 0.3) is 0 Å². The van der Waals surface area contributed by atoms with E-state index in [0.717, 1.165) is 25.2 Å². The van der Waals surface area contributed by atoms with E-state index >= 15 is 0 Å².